The monoisotopic (exact) mass is 1100 g/mol. The molecule has 0 saturated carbocycles. The van der Waals surface area contributed by atoms with Crippen molar-refractivity contribution in [3.63, 3.8) is 0 Å². The highest BCUT2D eigenvalue weighted by Crippen LogP contribution is 2.29. The largest absolute Gasteiger partial charge is 0.496 e. The number of aliphatic hydroxyl groups is 11. The molecule has 0 amide bonds. The van der Waals surface area contributed by atoms with Crippen molar-refractivity contribution in [1.82, 2.24) is 29.9 Å². The van der Waals surface area contributed by atoms with E-state index in [-0.39, 0.29) is 207 Å². The fourth-order valence-electron chi connectivity index (χ4n) is 8.03. The minimum absolute atomic E-state index is 0.0108. The van der Waals surface area contributed by atoms with Crippen molar-refractivity contribution in [2.75, 3.05) is 187 Å². The van der Waals surface area contributed by atoms with Crippen LogP contribution in [0.25, 0.3) is 0 Å². The topological polar surface area (TPSA) is 347 Å². The van der Waals surface area contributed by atoms with E-state index in [9.17, 15) is 56.2 Å². The Morgan fingerprint density at radius 2 is 0.949 bits per heavy atom. The van der Waals surface area contributed by atoms with Crippen molar-refractivity contribution < 1.29 is 70.4 Å². The van der Waals surface area contributed by atoms with Crippen LogP contribution in [0.1, 0.15) is 37.8 Å². The number of rotatable bonds is 41. The predicted octanol–water partition coefficient (Wildman–Crippen LogP) is -1.37. The first-order valence-electron chi connectivity index (χ1n) is 26.2. The molecule has 2 heterocycles. The van der Waals surface area contributed by atoms with Crippen LogP contribution >= 0.6 is 0 Å². The van der Waals surface area contributed by atoms with Gasteiger partial charge in [-0.25, -0.2) is 0 Å². The number of nitrogens with zero attached hydrogens (tertiary/aromatic N) is 12. The summed E-state index contributed by atoms with van der Waals surface area (Å²) in [7, 11) is 0. The minimum atomic E-state index is -0.355. The van der Waals surface area contributed by atoms with E-state index in [1.54, 1.807) is 54.5 Å². The predicted molar refractivity (Wildman–Crippen MR) is 294 cm³/mol. The van der Waals surface area contributed by atoms with E-state index in [2.05, 4.69) is 0 Å². The molecule has 0 saturated heterocycles. The Kier molecular flexibility index (Phi) is 30.2. The molecule has 0 unspecified atom stereocenters. The lowest BCUT2D eigenvalue weighted by Gasteiger charge is -2.30. The molecular weight excluding hydrogens is 1020 g/mol. The molecule has 26 heteroatoms. The van der Waals surface area contributed by atoms with E-state index in [4.69, 9.17) is 44.1 Å². The highest BCUT2D eigenvalue weighted by Gasteiger charge is 2.25. The molecule has 0 bridgehead atoms. The number of aliphatic hydroxyl groups excluding tert-OH is 11. The summed E-state index contributed by atoms with van der Waals surface area (Å²) in [5, 5.41) is 111. The first-order valence-corrected chi connectivity index (χ1v) is 26.2. The van der Waals surface area contributed by atoms with E-state index in [1.165, 1.54) is 0 Å². The fourth-order valence-corrected chi connectivity index (χ4v) is 8.03. The Morgan fingerprint density at radius 1 is 0.500 bits per heavy atom. The third-order valence-corrected chi connectivity index (χ3v) is 11.8. The molecule has 1 aliphatic carbocycles. The van der Waals surface area contributed by atoms with Gasteiger partial charge in [0.25, 0.3) is 0 Å². The van der Waals surface area contributed by atoms with Crippen LogP contribution in [0.4, 0.5) is 35.7 Å². The molecule has 0 radical (unpaired) electrons. The molecule has 78 heavy (non-hydrogen) atoms. The van der Waals surface area contributed by atoms with Crippen molar-refractivity contribution >= 4 is 35.7 Å². The highest BCUT2D eigenvalue weighted by atomic mass is 16.5. The third kappa shape index (κ3) is 20.8. The molecule has 0 atom stereocenters. The second kappa shape index (κ2) is 36.7. The third-order valence-electron chi connectivity index (χ3n) is 11.8. The Labute approximate surface area is 456 Å². The van der Waals surface area contributed by atoms with Crippen molar-refractivity contribution in [2.24, 2.45) is 0 Å². The second-order valence-corrected chi connectivity index (χ2v) is 17.5. The zero-order valence-corrected chi connectivity index (χ0v) is 45.0. The van der Waals surface area contributed by atoms with Crippen molar-refractivity contribution in [3.05, 3.63) is 88.4 Å². The molecule has 0 aliphatic heterocycles. The molecule has 2 aromatic heterocycles. The fraction of sp³-hybridized carbons (Fsp3) is 0.577. The maximum absolute atomic E-state index is 10.6. The second-order valence-electron chi connectivity index (χ2n) is 17.5. The molecule has 1 aliphatic rings. The quantitative estimate of drug-likeness (QED) is 0.0231. The number of hydrogen-bond acceptors (Lipinski definition) is 26. The molecule has 3 aromatic rings. The van der Waals surface area contributed by atoms with Crippen LogP contribution in [0, 0.1) is 0 Å². The average molecular weight is 1100 g/mol. The number of benzene rings is 1. The van der Waals surface area contributed by atoms with Gasteiger partial charge in [0.2, 0.25) is 35.7 Å². The molecule has 434 valence electrons. The Bertz CT molecular complexity index is 2350. The first-order chi connectivity index (χ1) is 38.1. The zero-order valence-electron chi connectivity index (χ0n) is 45.0. The van der Waals surface area contributed by atoms with Gasteiger partial charge in [0.1, 0.15) is 31.3 Å². The van der Waals surface area contributed by atoms with Crippen molar-refractivity contribution in [3.8, 4) is 5.75 Å². The smallest absolute Gasteiger partial charge is 0.232 e. The van der Waals surface area contributed by atoms with Gasteiger partial charge in [-0.1, -0.05) is 48.9 Å². The van der Waals surface area contributed by atoms with Crippen LogP contribution in [0.15, 0.2) is 77.3 Å². The Hall–Kier alpha value is -6.30. The van der Waals surface area contributed by atoms with Gasteiger partial charge in [-0.05, 0) is 37.1 Å². The van der Waals surface area contributed by atoms with Crippen molar-refractivity contribution in [2.45, 2.75) is 39.8 Å². The molecule has 26 nitrogen and oxygen atoms in total. The van der Waals surface area contributed by atoms with Gasteiger partial charge in [-0.2, -0.15) is 29.9 Å². The van der Waals surface area contributed by atoms with Gasteiger partial charge in [-0.15, -0.1) is 0 Å². The van der Waals surface area contributed by atoms with E-state index in [0.717, 1.165) is 11.1 Å². The van der Waals surface area contributed by atoms with E-state index >= 15 is 0 Å². The number of anilines is 6. The standard InChI is InChI=1S/C52H82N12O14/c1-3-41(10-9-40(2)76-32-29-73)36-61(17-25-69)49-53-47(59(13-21-65)14-22-66)54-50(57-49)62(18-26-70)37-42-11-12-46(78-34-31-75)44(35-42)39-64(20-28-72)52-56-48(60(15-23-67)16-24-68)55-51(58-52)63(19-27-71)38-43-7-5-4-6-8-45(43)77-33-30-74/h4-7,9-12,35,65-75H,3,8,13-34,36-39H2,1-2H3/b40-9+,41-10+. The van der Waals surface area contributed by atoms with Gasteiger partial charge in [0.15, 0.2) is 0 Å². The van der Waals surface area contributed by atoms with Crippen LogP contribution in [0.5, 0.6) is 5.75 Å². The molecule has 11 N–H and O–H groups in total. The number of hydrogen-bond donors (Lipinski definition) is 11. The summed E-state index contributed by atoms with van der Waals surface area (Å²) in [5.74, 6) is 2.35. The Balaban J connectivity index is 1.87. The van der Waals surface area contributed by atoms with Gasteiger partial charge < -0.3 is 99.8 Å². The lowest BCUT2D eigenvalue weighted by atomic mass is 10.1. The van der Waals surface area contributed by atoms with Gasteiger partial charge in [0, 0.05) is 96.1 Å². The van der Waals surface area contributed by atoms with Crippen LogP contribution in [0.3, 0.4) is 0 Å². The molecule has 0 fully saturated rings. The number of allylic oxidation sites excluding steroid dienone is 6. The van der Waals surface area contributed by atoms with Gasteiger partial charge >= 0.3 is 0 Å². The summed E-state index contributed by atoms with van der Waals surface area (Å²) in [6.07, 6.45) is 12.3. The van der Waals surface area contributed by atoms with Crippen molar-refractivity contribution in [1.29, 1.82) is 0 Å². The van der Waals surface area contributed by atoms with E-state index < -0.39 is 0 Å². The highest BCUT2D eigenvalue weighted by molar-refractivity contribution is 5.52. The lowest BCUT2D eigenvalue weighted by molar-refractivity contribution is 0.141. The zero-order chi connectivity index (χ0) is 56.5. The van der Waals surface area contributed by atoms with E-state index in [1.807, 2.05) is 43.4 Å². The average Bonchev–Trinajstić information content (AvgIpc) is 3.76. The molecule has 1 aromatic carbocycles. The van der Waals surface area contributed by atoms with Gasteiger partial charge in [-0.3, -0.25) is 0 Å². The molecule has 4 rings (SSSR count). The van der Waals surface area contributed by atoms with Crippen LogP contribution in [0.2, 0.25) is 0 Å². The maximum Gasteiger partial charge on any atom is 0.232 e. The van der Waals surface area contributed by atoms with Crippen LogP contribution in [-0.2, 0) is 22.6 Å². The molecular formula is C52H82N12O14. The summed E-state index contributed by atoms with van der Waals surface area (Å²) in [5.41, 5.74) is 2.92. The van der Waals surface area contributed by atoms with Crippen LogP contribution < -0.4 is 34.1 Å². The maximum atomic E-state index is 10.6. The summed E-state index contributed by atoms with van der Waals surface area (Å²) < 4.78 is 17.5. The summed E-state index contributed by atoms with van der Waals surface area (Å²) in [4.78, 5) is 39.1. The summed E-state index contributed by atoms with van der Waals surface area (Å²) in [6.45, 7) is 1.93. The SMILES string of the molecule is CC/C(=C\C=C(/C)OCCO)CN(CCO)c1nc(N(CCO)CCO)nc(N(CCO)Cc2ccc(OCCO)c(CN(CCO)c3nc(N(CCO)CCO)nc(N(CCO)CC4=C(OCCO)CC=CC=C4)n3)c2)n1. The first kappa shape index (κ1) is 64.2. The number of aromatic nitrogens is 6. The Morgan fingerprint density at radius 3 is 1.45 bits per heavy atom. The normalized spacial score (nSPS) is 12.7. The number of ether oxygens (including phenoxy) is 3. The van der Waals surface area contributed by atoms with E-state index in [0.29, 0.717) is 41.2 Å². The van der Waals surface area contributed by atoms with Crippen LogP contribution in [-0.4, -0.2) is 244 Å². The summed E-state index contributed by atoms with van der Waals surface area (Å²) in [6, 6.07) is 5.38. The van der Waals surface area contributed by atoms with Gasteiger partial charge in [0.05, 0.1) is 78.4 Å². The lowest BCUT2D eigenvalue weighted by Crippen LogP contribution is -2.36. The minimum Gasteiger partial charge on any atom is -0.496 e. The molecule has 0 spiro atoms. The summed E-state index contributed by atoms with van der Waals surface area (Å²) >= 11 is 0.